The SMILES string of the molecule is O=C(CNc1ccccc1N1CCCC1=O)Nc1ccc(OC(F)F)cc1. The topological polar surface area (TPSA) is 70.7 Å². The number of nitrogens with zero attached hydrogens (tertiary/aromatic N) is 1. The van der Waals surface area contributed by atoms with Crippen LogP contribution in [0.5, 0.6) is 5.75 Å². The molecule has 1 fully saturated rings. The molecule has 1 heterocycles. The van der Waals surface area contributed by atoms with Gasteiger partial charge in [-0.15, -0.1) is 0 Å². The molecule has 0 unspecified atom stereocenters. The second-order valence-corrected chi connectivity index (χ2v) is 5.97. The largest absolute Gasteiger partial charge is 0.435 e. The Morgan fingerprint density at radius 1 is 1.15 bits per heavy atom. The summed E-state index contributed by atoms with van der Waals surface area (Å²) < 4.78 is 28.5. The average molecular weight is 375 g/mol. The first-order chi connectivity index (χ1) is 13.0. The van der Waals surface area contributed by atoms with Crippen molar-refractivity contribution in [1.82, 2.24) is 0 Å². The summed E-state index contributed by atoms with van der Waals surface area (Å²) in [6, 6.07) is 13.0. The van der Waals surface area contributed by atoms with Crippen LogP contribution < -0.4 is 20.3 Å². The minimum absolute atomic E-state index is 0.00563. The van der Waals surface area contributed by atoms with E-state index < -0.39 is 6.61 Å². The van der Waals surface area contributed by atoms with E-state index in [4.69, 9.17) is 0 Å². The van der Waals surface area contributed by atoms with E-state index in [1.165, 1.54) is 24.3 Å². The van der Waals surface area contributed by atoms with Crippen molar-refractivity contribution in [1.29, 1.82) is 0 Å². The average Bonchev–Trinajstić information content (AvgIpc) is 3.07. The Kier molecular flexibility index (Phi) is 5.85. The maximum Gasteiger partial charge on any atom is 0.387 e. The Bertz CT molecular complexity index is 812. The molecule has 0 aliphatic carbocycles. The van der Waals surface area contributed by atoms with Crippen LogP contribution in [-0.2, 0) is 9.59 Å². The Morgan fingerprint density at radius 3 is 2.56 bits per heavy atom. The van der Waals surface area contributed by atoms with E-state index in [1.54, 1.807) is 4.90 Å². The highest BCUT2D eigenvalue weighted by Gasteiger charge is 2.23. The summed E-state index contributed by atoms with van der Waals surface area (Å²) in [6.07, 6.45) is 1.35. The number of alkyl halides is 2. The van der Waals surface area contributed by atoms with Gasteiger partial charge in [-0.25, -0.2) is 0 Å². The Balaban J connectivity index is 1.57. The predicted octanol–water partition coefficient (Wildman–Crippen LogP) is 3.47. The van der Waals surface area contributed by atoms with Crippen LogP contribution in [0.3, 0.4) is 0 Å². The van der Waals surface area contributed by atoms with Gasteiger partial charge in [0.15, 0.2) is 0 Å². The monoisotopic (exact) mass is 375 g/mol. The standard InChI is InChI=1S/C19H19F2N3O3/c20-19(21)27-14-9-7-13(8-10-14)23-17(25)12-22-15-4-1-2-5-16(15)24-11-3-6-18(24)26/h1-2,4-5,7-10,19,22H,3,6,11-12H2,(H,23,25). The van der Waals surface area contributed by atoms with E-state index in [0.29, 0.717) is 24.3 Å². The number of amides is 2. The van der Waals surface area contributed by atoms with Crippen molar-refractivity contribution in [3.05, 3.63) is 48.5 Å². The van der Waals surface area contributed by atoms with Crippen LogP contribution in [0.15, 0.2) is 48.5 Å². The molecular formula is C19H19F2N3O3. The summed E-state index contributed by atoms with van der Waals surface area (Å²) in [6.45, 7) is -2.23. The van der Waals surface area contributed by atoms with Crippen LogP contribution in [0, 0.1) is 0 Å². The smallest absolute Gasteiger partial charge is 0.387 e. The highest BCUT2D eigenvalue weighted by Crippen LogP contribution is 2.29. The molecule has 142 valence electrons. The van der Waals surface area contributed by atoms with E-state index in [9.17, 15) is 18.4 Å². The number of carbonyl (C=O) groups is 2. The summed E-state index contributed by atoms with van der Waals surface area (Å²) in [5.41, 5.74) is 1.91. The highest BCUT2D eigenvalue weighted by atomic mass is 19.3. The molecule has 6 nitrogen and oxygen atoms in total. The number of hydrogen-bond acceptors (Lipinski definition) is 4. The summed E-state index contributed by atoms with van der Waals surface area (Å²) in [4.78, 5) is 25.8. The molecule has 27 heavy (non-hydrogen) atoms. The molecule has 2 aromatic carbocycles. The lowest BCUT2D eigenvalue weighted by Gasteiger charge is -2.20. The van der Waals surface area contributed by atoms with Gasteiger partial charge in [0.2, 0.25) is 11.8 Å². The molecule has 0 saturated carbocycles. The molecular weight excluding hydrogens is 356 g/mol. The van der Waals surface area contributed by atoms with Gasteiger partial charge in [-0.3, -0.25) is 9.59 Å². The lowest BCUT2D eigenvalue weighted by Crippen LogP contribution is -2.26. The number of nitrogens with one attached hydrogen (secondary N) is 2. The second kappa shape index (κ2) is 8.48. The van der Waals surface area contributed by atoms with E-state index >= 15 is 0 Å². The lowest BCUT2D eigenvalue weighted by molar-refractivity contribution is -0.117. The molecule has 0 radical (unpaired) electrons. The van der Waals surface area contributed by atoms with Crippen LogP contribution in [-0.4, -0.2) is 31.5 Å². The summed E-state index contributed by atoms with van der Waals surface area (Å²) in [5.74, 6) is -0.217. The summed E-state index contributed by atoms with van der Waals surface area (Å²) >= 11 is 0. The van der Waals surface area contributed by atoms with Crippen molar-refractivity contribution < 1.29 is 23.1 Å². The second-order valence-electron chi connectivity index (χ2n) is 5.97. The van der Waals surface area contributed by atoms with E-state index in [-0.39, 0.29) is 24.1 Å². The predicted molar refractivity (Wildman–Crippen MR) is 98.2 cm³/mol. The minimum atomic E-state index is -2.89. The van der Waals surface area contributed by atoms with Gasteiger partial charge >= 0.3 is 6.61 Å². The van der Waals surface area contributed by atoms with Gasteiger partial charge in [0.05, 0.1) is 17.9 Å². The first-order valence-electron chi connectivity index (χ1n) is 8.51. The fraction of sp³-hybridized carbons (Fsp3) is 0.263. The first kappa shape index (κ1) is 18.6. The summed E-state index contributed by atoms with van der Waals surface area (Å²) in [5, 5.41) is 5.70. The highest BCUT2D eigenvalue weighted by molar-refractivity contribution is 5.99. The van der Waals surface area contributed by atoms with Gasteiger partial charge in [0.25, 0.3) is 0 Å². The number of halogens is 2. The molecule has 1 saturated heterocycles. The van der Waals surface area contributed by atoms with Gasteiger partial charge in [-0.1, -0.05) is 12.1 Å². The molecule has 2 aromatic rings. The third kappa shape index (κ3) is 4.93. The molecule has 2 amide bonds. The van der Waals surface area contributed by atoms with E-state index in [2.05, 4.69) is 15.4 Å². The van der Waals surface area contributed by atoms with Crippen LogP contribution in [0.2, 0.25) is 0 Å². The van der Waals surface area contributed by atoms with Gasteiger partial charge in [-0.2, -0.15) is 8.78 Å². The van der Waals surface area contributed by atoms with Crippen LogP contribution in [0.1, 0.15) is 12.8 Å². The molecule has 0 atom stereocenters. The molecule has 1 aliphatic rings. The van der Waals surface area contributed by atoms with Crippen molar-refractivity contribution in [2.24, 2.45) is 0 Å². The van der Waals surface area contributed by atoms with Crippen LogP contribution in [0.25, 0.3) is 0 Å². The number of para-hydroxylation sites is 2. The first-order valence-corrected chi connectivity index (χ1v) is 8.51. The van der Waals surface area contributed by atoms with Gasteiger partial charge in [0.1, 0.15) is 5.75 Å². The van der Waals surface area contributed by atoms with Crippen molar-refractivity contribution in [2.75, 3.05) is 28.6 Å². The van der Waals surface area contributed by atoms with Crippen LogP contribution >= 0.6 is 0 Å². The number of anilines is 3. The van der Waals surface area contributed by atoms with Crippen molar-refractivity contribution in [2.45, 2.75) is 19.5 Å². The van der Waals surface area contributed by atoms with E-state index in [1.807, 2.05) is 24.3 Å². The molecule has 0 spiro atoms. The maximum atomic E-state index is 12.1. The number of rotatable bonds is 7. The molecule has 3 rings (SSSR count). The maximum absolute atomic E-state index is 12.1. The zero-order valence-corrected chi connectivity index (χ0v) is 14.5. The quantitative estimate of drug-likeness (QED) is 0.778. The Hall–Kier alpha value is -3.16. The number of ether oxygens (including phenoxy) is 1. The van der Waals surface area contributed by atoms with E-state index in [0.717, 1.165) is 12.1 Å². The Labute approximate surface area is 155 Å². The molecule has 0 aromatic heterocycles. The van der Waals surface area contributed by atoms with Crippen molar-refractivity contribution >= 4 is 28.9 Å². The zero-order chi connectivity index (χ0) is 19.2. The fourth-order valence-corrected chi connectivity index (χ4v) is 2.86. The molecule has 0 bridgehead atoms. The lowest BCUT2D eigenvalue weighted by atomic mass is 10.2. The van der Waals surface area contributed by atoms with Crippen molar-refractivity contribution in [3.63, 3.8) is 0 Å². The van der Waals surface area contributed by atoms with Gasteiger partial charge < -0.3 is 20.3 Å². The number of benzene rings is 2. The Morgan fingerprint density at radius 2 is 1.89 bits per heavy atom. The minimum Gasteiger partial charge on any atom is -0.435 e. The normalized spacial score (nSPS) is 13.7. The molecule has 2 N–H and O–H groups in total. The van der Waals surface area contributed by atoms with Crippen LogP contribution in [0.4, 0.5) is 25.8 Å². The summed E-state index contributed by atoms with van der Waals surface area (Å²) in [7, 11) is 0. The molecule has 1 aliphatic heterocycles. The van der Waals surface area contributed by atoms with Gasteiger partial charge in [-0.05, 0) is 42.8 Å². The van der Waals surface area contributed by atoms with Crippen molar-refractivity contribution in [3.8, 4) is 5.75 Å². The zero-order valence-electron chi connectivity index (χ0n) is 14.5. The van der Waals surface area contributed by atoms with Gasteiger partial charge in [0, 0.05) is 18.7 Å². The number of hydrogen-bond donors (Lipinski definition) is 2. The fourth-order valence-electron chi connectivity index (χ4n) is 2.86. The molecule has 8 heteroatoms. The number of carbonyl (C=O) groups excluding carboxylic acids is 2. The third-order valence-electron chi connectivity index (χ3n) is 4.07. The third-order valence-corrected chi connectivity index (χ3v) is 4.07.